The topological polar surface area (TPSA) is 17.1 Å². The summed E-state index contributed by atoms with van der Waals surface area (Å²) in [5.74, 6) is 0.0393. The van der Waals surface area contributed by atoms with Crippen molar-refractivity contribution in [3.63, 3.8) is 0 Å². The van der Waals surface area contributed by atoms with Gasteiger partial charge in [-0.15, -0.1) is 0 Å². The van der Waals surface area contributed by atoms with E-state index in [4.69, 9.17) is 11.6 Å². The predicted octanol–water partition coefficient (Wildman–Crippen LogP) is 4.44. The Bertz CT molecular complexity index is 570. The Morgan fingerprint density at radius 3 is 2.22 bits per heavy atom. The SMILES string of the molecule is CCc1ccc(C(=O)c2ccc(Cl)c(C)c2)cc1. The fraction of sp³-hybridized carbons (Fsp3) is 0.188. The lowest BCUT2D eigenvalue weighted by atomic mass is 10.0. The number of halogens is 1. The van der Waals surface area contributed by atoms with E-state index in [1.807, 2.05) is 37.3 Å². The van der Waals surface area contributed by atoms with Crippen molar-refractivity contribution in [3.05, 3.63) is 69.7 Å². The quantitative estimate of drug-likeness (QED) is 0.744. The largest absolute Gasteiger partial charge is 0.289 e. The standard InChI is InChI=1S/C16H15ClO/c1-3-12-4-6-13(7-5-12)16(18)14-8-9-15(17)11(2)10-14/h4-10H,3H2,1-2H3. The molecule has 0 aliphatic carbocycles. The number of hydrogen-bond donors (Lipinski definition) is 0. The van der Waals surface area contributed by atoms with Gasteiger partial charge in [-0.25, -0.2) is 0 Å². The molecule has 2 rings (SSSR count). The minimum absolute atomic E-state index is 0.0393. The van der Waals surface area contributed by atoms with Gasteiger partial charge in [0.2, 0.25) is 0 Å². The summed E-state index contributed by atoms with van der Waals surface area (Å²) in [6.45, 7) is 4.00. The molecule has 0 radical (unpaired) electrons. The first-order chi connectivity index (χ1) is 8.61. The van der Waals surface area contributed by atoms with E-state index in [2.05, 4.69) is 6.92 Å². The van der Waals surface area contributed by atoms with Crippen molar-refractivity contribution < 1.29 is 4.79 Å². The molecule has 0 fully saturated rings. The van der Waals surface area contributed by atoms with Crippen LogP contribution in [0.25, 0.3) is 0 Å². The molecule has 1 nitrogen and oxygen atoms in total. The van der Waals surface area contributed by atoms with Crippen LogP contribution in [0, 0.1) is 6.92 Å². The van der Waals surface area contributed by atoms with Gasteiger partial charge in [-0.1, -0.05) is 42.8 Å². The normalized spacial score (nSPS) is 10.4. The zero-order valence-electron chi connectivity index (χ0n) is 10.5. The van der Waals surface area contributed by atoms with Crippen LogP contribution in [0.5, 0.6) is 0 Å². The van der Waals surface area contributed by atoms with Crippen LogP contribution in [0.4, 0.5) is 0 Å². The van der Waals surface area contributed by atoms with Crippen LogP contribution >= 0.6 is 11.6 Å². The van der Waals surface area contributed by atoms with Crippen molar-refractivity contribution in [3.8, 4) is 0 Å². The molecule has 0 amide bonds. The van der Waals surface area contributed by atoms with Gasteiger partial charge in [-0.05, 0) is 42.7 Å². The number of benzene rings is 2. The molecule has 0 aliphatic rings. The molecular weight excluding hydrogens is 244 g/mol. The van der Waals surface area contributed by atoms with E-state index in [9.17, 15) is 4.79 Å². The van der Waals surface area contributed by atoms with Crippen molar-refractivity contribution in [2.75, 3.05) is 0 Å². The summed E-state index contributed by atoms with van der Waals surface area (Å²) >= 11 is 5.96. The lowest BCUT2D eigenvalue weighted by molar-refractivity contribution is 0.103. The molecule has 2 aromatic rings. The Morgan fingerprint density at radius 2 is 1.67 bits per heavy atom. The van der Waals surface area contributed by atoms with Gasteiger partial charge in [-0.2, -0.15) is 0 Å². The fourth-order valence-electron chi connectivity index (χ4n) is 1.84. The van der Waals surface area contributed by atoms with Crippen LogP contribution < -0.4 is 0 Å². The molecule has 92 valence electrons. The van der Waals surface area contributed by atoms with Gasteiger partial charge < -0.3 is 0 Å². The number of hydrogen-bond acceptors (Lipinski definition) is 1. The molecule has 0 unspecified atom stereocenters. The van der Waals surface area contributed by atoms with Gasteiger partial charge in [0.1, 0.15) is 0 Å². The van der Waals surface area contributed by atoms with Crippen LogP contribution in [0.2, 0.25) is 5.02 Å². The highest BCUT2D eigenvalue weighted by atomic mass is 35.5. The minimum atomic E-state index is 0.0393. The average molecular weight is 259 g/mol. The van der Waals surface area contributed by atoms with Gasteiger partial charge in [-0.3, -0.25) is 4.79 Å². The highest BCUT2D eigenvalue weighted by Crippen LogP contribution is 2.19. The Hall–Kier alpha value is -1.60. The smallest absolute Gasteiger partial charge is 0.193 e. The van der Waals surface area contributed by atoms with E-state index in [0.29, 0.717) is 16.1 Å². The monoisotopic (exact) mass is 258 g/mol. The fourth-order valence-corrected chi connectivity index (χ4v) is 1.96. The summed E-state index contributed by atoms with van der Waals surface area (Å²) in [6.07, 6.45) is 0.981. The van der Waals surface area contributed by atoms with Gasteiger partial charge in [0.15, 0.2) is 5.78 Å². The summed E-state index contributed by atoms with van der Waals surface area (Å²) in [5, 5.41) is 0.688. The molecule has 0 N–H and O–H groups in total. The first-order valence-electron chi connectivity index (χ1n) is 6.01. The molecule has 0 spiro atoms. The minimum Gasteiger partial charge on any atom is -0.289 e. The summed E-state index contributed by atoms with van der Waals surface area (Å²) in [5.41, 5.74) is 3.56. The van der Waals surface area contributed by atoms with Crippen molar-refractivity contribution in [1.82, 2.24) is 0 Å². The number of aryl methyl sites for hydroxylation is 2. The maximum Gasteiger partial charge on any atom is 0.193 e. The molecule has 0 saturated carbocycles. The molecule has 0 heterocycles. The molecule has 2 heteroatoms. The summed E-state index contributed by atoms with van der Waals surface area (Å²) in [6, 6.07) is 13.1. The van der Waals surface area contributed by atoms with Crippen LogP contribution in [-0.4, -0.2) is 5.78 Å². The van der Waals surface area contributed by atoms with Crippen LogP contribution in [-0.2, 0) is 6.42 Å². The van der Waals surface area contributed by atoms with Crippen molar-refractivity contribution in [2.45, 2.75) is 20.3 Å². The molecule has 0 atom stereocenters. The van der Waals surface area contributed by atoms with Crippen LogP contribution in [0.15, 0.2) is 42.5 Å². The molecule has 0 bridgehead atoms. The Morgan fingerprint density at radius 1 is 1.06 bits per heavy atom. The van der Waals surface area contributed by atoms with Crippen LogP contribution in [0.1, 0.15) is 34.0 Å². The summed E-state index contributed by atoms with van der Waals surface area (Å²) in [7, 11) is 0. The lowest BCUT2D eigenvalue weighted by Crippen LogP contribution is -2.01. The van der Waals surface area contributed by atoms with E-state index < -0.39 is 0 Å². The van der Waals surface area contributed by atoms with Gasteiger partial charge in [0.05, 0.1) is 0 Å². The number of ketones is 1. The van der Waals surface area contributed by atoms with Crippen molar-refractivity contribution >= 4 is 17.4 Å². The summed E-state index contributed by atoms with van der Waals surface area (Å²) in [4.78, 5) is 12.3. The van der Waals surface area contributed by atoms with E-state index in [1.54, 1.807) is 12.1 Å². The number of carbonyl (C=O) groups excluding carboxylic acids is 1. The van der Waals surface area contributed by atoms with Crippen molar-refractivity contribution in [1.29, 1.82) is 0 Å². The zero-order chi connectivity index (χ0) is 13.1. The van der Waals surface area contributed by atoms with Gasteiger partial charge >= 0.3 is 0 Å². The zero-order valence-corrected chi connectivity index (χ0v) is 11.3. The first-order valence-corrected chi connectivity index (χ1v) is 6.39. The Kier molecular flexibility index (Phi) is 3.83. The highest BCUT2D eigenvalue weighted by molar-refractivity contribution is 6.31. The van der Waals surface area contributed by atoms with Crippen LogP contribution in [0.3, 0.4) is 0 Å². The third-order valence-corrected chi connectivity index (χ3v) is 3.47. The number of rotatable bonds is 3. The molecule has 0 aliphatic heterocycles. The molecular formula is C16H15ClO. The number of carbonyl (C=O) groups is 1. The Labute approximate surface area is 112 Å². The van der Waals surface area contributed by atoms with Gasteiger partial charge in [0, 0.05) is 16.1 Å². The average Bonchev–Trinajstić information content (AvgIpc) is 2.41. The maximum absolute atomic E-state index is 12.3. The van der Waals surface area contributed by atoms with Gasteiger partial charge in [0.25, 0.3) is 0 Å². The second-order valence-corrected chi connectivity index (χ2v) is 4.75. The second kappa shape index (κ2) is 5.36. The van der Waals surface area contributed by atoms with E-state index in [1.165, 1.54) is 5.56 Å². The molecule has 0 saturated heterocycles. The molecule has 2 aromatic carbocycles. The third-order valence-electron chi connectivity index (χ3n) is 3.04. The highest BCUT2D eigenvalue weighted by Gasteiger charge is 2.09. The second-order valence-electron chi connectivity index (χ2n) is 4.34. The van der Waals surface area contributed by atoms with E-state index in [-0.39, 0.29) is 5.78 Å². The Balaban J connectivity index is 2.32. The predicted molar refractivity (Wildman–Crippen MR) is 75.4 cm³/mol. The van der Waals surface area contributed by atoms with E-state index >= 15 is 0 Å². The lowest BCUT2D eigenvalue weighted by Gasteiger charge is -2.04. The summed E-state index contributed by atoms with van der Waals surface area (Å²) < 4.78 is 0. The van der Waals surface area contributed by atoms with E-state index in [0.717, 1.165) is 12.0 Å². The first kappa shape index (κ1) is 12.8. The maximum atomic E-state index is 12.3. The third kappa shape index (κ3) is 2.62. The molecule has 0 aromatic heterocycles. The molecule has 18 heavy (non-hydrogen) atoms. The van der Waals surface area contributed by atoms with Crippen molar-refractivity contribution in [2.24, 2.45) is 0 Å².